The van der Waals surface area contributed by atoms with Gasteiger partial charge in [0.05, 0.1) is 17.6 Å². The number of carbonyl (C=O) groups is 2. The fourth-order valence-electron chi connectivity index (χ4n) is 3.32. The lowest BCUT2D eigenvalue weighted by atomic mass is 10.2. The number of anilines is 2. The SMILES string of the molecule is CC1CN(c2ccc(CNC(=O)c3ccc(NC(=O)c4cccs4)cc3)cn2)CCO1. The van der Waals surface area contributed by atoms with Crippen LogP contribution >= 0.6 is 11.3 Å². The second kappa shape index (κ2) is 9.72. The minimum absolute atomic E-state index is 0.158. The molecule has 1 aliphatic rings. The van der Waals surface area contributed by atoms with Crippen LogP contribution in [0.5, 0.6) is 0 Å². The number of thiophene rings is 1. The third kappa shape index (κ3) is 5.48. The summed E-state index contributed by atoms with van der Waals surface area (Å²) in [6.45, 7) is 4.81. The number of benzene rings is 1. The molecule has 7 nitrogen and oxygen atoms in total. The Hall–Kier alpha value is -3.23. The van der Waals surface area contributed by atoms with Crippen molar-refractivity contribution in [3.8, 4) is 0 Å². The Bertz CT molecular complexity index is 1020. The van der Waals surface area contributed by atoms with Crippen LogP contribution in [0.1, 0.15) is 32.5 Å². The van der Waals surface area contributed by atoms with Gasteiger partial charge in [-0.15, -0.1) is 11.3 Å². The highest BCUT2D eigenvalue weighted by Crippen LogP contribution is 2.16. The molecule has 0 radical (unpaired) electrons. The minimum atomic E-state index is -0.179. The van der Waals surface area contributed by atoms with Crippen molar-refractivity contribution in [2.45, 2.75) is 19.6 Å². The number of ether oxygens (including phenoxy) is 1. The monoisotopic (exact) mass is 436 g/mol. The number of hydrogen-bond donors (Lipinski definition) is 2. The molecule has 1 fully saturated rings. The van der Waals surface area contributed by atoms with E-state index in [9.17, 15) is 9.59 Å². The number of carbonyl (C=O) groups excluding carboxylic acids is 2. The highest BCUT2D eigenvalue weighted by molar-refractivity contribution is 7.12. The highest BCUT2D eigenvalue weighted by Gasteiger charge is 2.17. The Labute approximate surface area is 185 Å². The Morgan fingerprint density at radius 1 is 1.16 bits per heavy atom. The number of rotatable bonds is 6. The molecule has 31 heavy (non-hydrogen) atoms. The number of hydrogen-bond acceptors (Lipinski definition) is 6. The predicted molar refractivity (Wildman–Crippen MR) is 122 cm³/mol. The normalized spacial score (nSPS) is 16.0. The van der Waals surface area contributed by atoms with E-state index >= 15 is 0 Å². The lowest BCUT2D eigenvalue weighted by molar-refractivity contribution is 0.0529. The molecular weight excluding hydrogens is 412 g/mol. The number of nitrogens with one attached hydrogen (secondary N) is 2. The van der Waals surface area contributed by atoms with Crippen molar-refractivity contribution in [1.29, 1.82) is 0 Å². The summed E-state index contributed by atoms with van der Waals surface area (Å²) < 4.78 is 5.57. The van der Waals surface area contributed by atoms with Crippen LogP contribution in [0.3, 0.4) is 0 Å². The third-order valence-electron chi connectivity index (χ3n) is 4.98. The predicted octanol–water partition coefficient (Wildman–Crippen LogP) is 3.55. The van der Waals surface area contributed by atoms with Gasteiger partial charge in [0.15, 0.2) is 0 Å². The van der Waals surface area contributed by atoms with Crippen LogP contribution < -0.4 is 15.5 Å². The van der Waals surface area contributed by atoms with Gasteiger partial charge in [0.2, 0.25) is 0 Å². The van der Waals surface area contributed by atoms with Gasteiger partial charge in [0.25, 0.3) is 11.8 Å². The maximum Gasteiger partial charge on any atom is 0.265 e. The van der Waals surface area contributed by atoms with Crippen molar-refractivity contribution in [3.63, 3.8) is 0 Å². The van der Waals surface area contributed by atoms with Crippen LogP contribution in [-0.4, -0.2) is 42.6 Å². The summed E-state index contributed by atoms with van der Waals surface area (Å²) in [6, 6.07) is 14.4. The third-order valence-corrected chi connectivity index (χ3v) is 5.85. The largest absolute Gasteiger partial charge is 0.375 e. The Morgan fingerprint density at radius 3 is 2.68 bits per heavy atom. The zero-order chi connectivity index (χ0) is 21.6. The molecule has 0 saturated carbocycles. The molecule has 2 N–H and O–H groups in total. The summed E-state index contributed by atoms with van der Waals surface area (Å²) in [6.07, 6.45) is 1.99. The lowest BCUT2D eigenvalue weighted by Gasteiger charge is -2.32. The average Bonchev–Trinajstić information content (AvgIpc) is 3.34. The van der Waals surface area contributed by atoms with E-state index in [4.69, 9.17) is 4.74 Å². The summed E-state index contributed by atoms with van der Waals surface area (Å²) in [5, 5.41) is 7.58. The molecule has 160 valence electrons. The van der Waals surface area contributed by atoms with Crippen LogP contribution in [-0.2, 0) is 11.3 Å². The Balaban J connectivity index is 1.29. The quantitative estimate of drug-likeness (QED) is 0.617. The molecule has 0 bridgehead atoms. The molecular formula is C23H24N4O3S. The highest BCUT2D eigenvalue weighted by atomic mass is 32.1. The summed E-state index contributed by atoms with van der Waals surface area (Å²) in [5.74, 6) is 0.585. The first-order valence-corrected chi connectivity index (χ1v) is 11.0. The molecule has 8 heteroatoms. The van der Waals surface area contributed by atoms with Gasteiger partial charge in [-0.05, 0) is 54.3 Å². The summed E-state index contributed by atoms with van der Waals surface area (Å²) in [5.41, 5.74) is 2.10. The fourth-order valence-corrected chi connectivity index (χ4v) is 3.94. The van der Waals surface area contributed by atoms with E-state index in [1.807, 2.05) is 23.6 Å². The molecule has 1 unspecified atom stereocenters. The molecule has 0 spiro atoms. The van der Waals surface area contributed by atoms with Gasteiger partial charge < -0.3 is 20.3 Å². The van der Waals surface area contributed by atoms with Crippen molar-refractivity contribution in [1.82, 2.24) is 10.3 Å². The average molecular weight is 437 g/mol. The number of amides is 2. The van der Waals surface area contributed by atoms with E-state index < -0.39 is 0 Å². The van der Waals surface area contributed by atoms with Gasteiger partial charge in [-0.3, -0.25) is 9.59 Å². The second-order valence-corrected chi connectivity index (χ2v) is 8.29. The van der Waals surface area contributed by atoms with Gasteiger partial charge in [-0.1, -0.05) is 12.1 Å². The first kappa shape index (κ1) is 21.0. The molecule has 2 aromatic heterocycles. The van der Waals surface area contributed by atoms with E-state index in [1.165, 1.54) is 11.3 Å². The Kier molecular flexibility index (Phi) is 6.59. The summed E-state index contributed by atoms with van der Waals surface area (Å²) >= 11 is 1.38. The molecule has 0 aliphatic carbocycles. The van der Waals surface area contributed by atoms with Gasteiger partial charge >= 0.3 is 0 Å². The number of morpholine rings is 1. The summed E-state index contributed by atoms with van der Waals surface area (Å²) in [4.78, 5) is 31.9. The van der Waals surface area contributed by atoms with E-state index in [1.54, 1.807) is 36.5 Å². The van der Waals surface area contributed by atoms with Crippen molar-refractivity contribution >= 4 is 34.7 Å². The van der Waals surface area contributed by atoms with Crippen LogP contribution in [0, 0.1) is 0 Å². The lowest BCUT2D eigenvalue weighted by Crippen LogP contribution is -2.41. The first-order valence-electron chi connectivity index (χ1n) is 10.1. The number of nitrogens with zero attached hydrogens (tertiary/aromatic N) is 2. The molecule has 1 saturated heterocycles. The molecule has 2 amide bonds. The van der Waals surface area contributed by atoms with E-state index in [0.29, 0.717) is 29.3 Å². The van der Waals surface area contributed by atoms with Gasteiger partial charge in [-0.25, -0.2) is 4.98 Å². The minimum Gasteiger partial charge on any atom is -0.375 e. The second-order valence-electron chi connectivity index (χ2n) is 7.34. The number of aromatic nitrogens is 1. The first-order chi connectivity index (χ1) is 15.1. The van der Waals surface area contributed by atoms with Crippen LogP contribution in [0.15, 0.2) is 60.1 Å². The van der Waals surface area contributed by atoms with Crippen LogP contribution in [0.25, 0.3) is 0 Å². The maximum atomic E-state index is 12.4. The molecule has 1 atom stereocenters. The van der Waals surface area contributed by atoms with E-state index in [0.717, 1.165) is 24.5 Å². The molecule has 4 rings (SSSR count). The van der Waals surface area contributed by atoms with Gasteiger partial charge in [0, 0.05) is 37.1 Å². The zero-order valence-corrected chi connectivity index (χ0v) is 18.0. The molecule has 1 aromatic carbocycles. The van der Waals surface area contributed by atoms with Gasteiger partial charge in [-0.2, -0.15) is 0 Å². The molecule has 3 heterocycles. The smallest absolute Gasteiger partial charge is 0.265 e. The van der Waals surface area contributed by atoms with Crippen molar-refractivity contribution in [3.05, 3.63) is 76.1 Å². The fraction of sp³-hybridized carbons (Fsp3) is 0.261. The number of pyridine rings is 1. The van der Waals surface area contributed by atoms with Gasteiger partial charge in [0.1, 0.15) is 5.82 Å². The zero-order valence-electron chi connectivity index (χ0n) is 17.2. The van der Waals surface area contributed by atoms with Crippen LogP contribution in [0.4, 0.5) is 11.5 Å². The standard InChI is InChI=1S/C23H24N4O3S/c1-16-15-27(10-11-30-16)21-9-4-17(13-24-21)14-25-22(28)18-5-7-19(8-6-18)26-23(29)20-3-2-12-31-20/h2-9,12-13,16H,10-11,14-15H2,1H3,(H,25,28)(H,26,29). The van der Waals surface area contributed by atoms with Crippen molar-refractivity contribution in [2.75, 3.05) is 29.9 Å². The Morgan fingerprint density at radius 2 is 2.00 bits per heavy atom. The van der Waals surface area contributed by atoms with Crippen LogP contribution in [0.2, 0.25) is 0 Å². The molecule has 3 aromatic rings. The molecule has 1 aliphatic heterocycles. The maximum absolute atomic E-state index is 12.4. The van der Waals surface area contributed by atoms with E-state index in [-0.39, 0.29) is 17.9 Å². The van der Waals surface area contributed by atoms with Crippen molar-refractivity contribution < 1.29 is 14.3 Å². The van der Waals surface area contributed by atoms with E-state index in [2.05, 4.69) is 27.4 Å². The van der Waals surface area contributed by atoms with Crippen molar-refractivity contribution in [2.24, 2.45) is 0 Å². The summed E-state index contributed by atoms with van der Waals surface area (Å²) in [7, 11) is 0. The topological polar surface area (TPSA) is 83.6 Å².